The van der Waals surface area contributed by atoms with Crippen molar-refractivity contribution in [3.63, 3.8) is 0 Å². The molecule has 0 saturated carbocycles. The molecule has 102 valence electrons. The summed E-state index contributed by atoms with van der Waals surface area (Å²) in [6, 6.07) is 1.57. The van der Waals surface area contributed by atoms with Crippen LogP contribution in [0.2, 0.25) is 0 Å². The summed E-state index contributed by atoms with van der Waals surface area (Å²) >= 11 is 0. The minimum absolute atomic E-state index is 0.0508. The van der Waals surface area contributed by atoms with Crippen LogP contribution in [0.25, 0.3) is 0 Å². The van der Waals surface area contributed by atoms with E-state index in [0.29, 0.717) is 6.61 Å². The van der Waals surface area contributed by atoms with Crippen LogP contribution >= 0.6 is 0 Å². The summed E-state index contributed by atoms with van der Waals surface area (Å²) in [4.78, 5) is 0. The van der Waals surface area contributed by atoms with Crippen molar-refractivity contribution in [1.82, 2.24) is 5.32 Å². The summed E-state index contributed by atoms with van der Waals surface area (Å²) < 4.78 is 45.4. The number of nitrogens with one attached hydrogen (secondary N) is 1. The fourth-order valence-electron chi connectivity index (χ4n) is 2.10. The molecule has 0 aromatic heterocycles. The van der Waals surface area contributed by atoms with Crippen molar-refractivity contribution in [3.8, 4) is 0 Å². The maximum atomic E-state index is 13.8. The third-order valence-electron chi connectivity index (χ3n) is 2.88. The molecule has 1 aromatic rings. The second kappa shape index (κ2) is 5.71. The van der Waals surface area contributed by atoms with E-state index >= 15 is 0 Å². The van der Waals surface area contributed by atoms with Crippen molar-refractivity contribution in [2.45, 2.75) is 32.4 Å². The van der Waals surface area contributed by atoms with E-state index in [-0.39, 0.29) is 5.56 Å². The van der Waals surface area contributed by atoms with E-state index in [4.69, 9.17) is 4.74 Å². The minimum Gasteiger partial charge on any atom is -0.374 e. The van der Waals surface area contributed by atoms with Crippen LogP contribution in [0, 0.1) is 17.5 Å². The zero-order chi connectivity index (χ0) is 13.9. The highest BCUT2D eigenvalue weighted by Crippen LogP contribution is 2.31. The van der Waals surface area contributed by atoms with Crippen LogP contribution in [0.15, 0.2) is 12.1 Å². The quantitative estimate of drug-likeness (QED) is 0.822. The second-order valence-electron chi connectivity index (χ2n) is 4.52. The Morgan fingerprint density at radius 1 is 1.22 bits per heavy atom. The van der Waals surface area contributed by atoms with Crippen LogP contribution in [0.5, 0.6) is 0 Å². The van der Waals surface area contributed by atoms with Gasteiger partial charge in [0, 0.05) is 12.2 Å². The zero-order valence-electron chi connectivity index (χ0n) is 11.0. The number of hydrogen-bond acceptors (Lipinski definition) is 2. The molecule has 0 radical (unpaired) electrons. The summed E-state index contributed by atoms with van der Waals surface area (Å²) in [5, 5.41) is 2.88. The molecule has 2 nitrogen and oxygen atoms in total. The lowest BCUT2D eigenvalue weighted by atomic mass is 9.91. The molecule has 0 spiro atoms. The topological polar surface area (TPSA) is 21.3 Å². The Bertz CT molecular complexity index is 421. The van der Waals surface area contributed by atoms with E-state index < -0.39 is 29.1 Å². The molecule has 18 heavy (non-hydrogen) atoms. The molecule has 0 saturated heterocycles. The van der Waals surface area contributed by atoms with Gasteiger partial charge in [0.1, 0.15) is 0 Å². The van der Waals surface area contributed by atoms with Crippen molar-refractivity contribution in [2.75, 3.05) is 13.7 Å². The molecule has 0 aliphatic heterocycles. The highest BCUT2D eigenvalue weighted by molar-refractivity contribution is 5.25. The van der Waals surface area contributed by atoms with Gasteiger partial charge in [-0.15, -0.1) is 0 Å². The van der Waals surface area contributed by atoms with Crippen LogP contribution in [0.4, 0.5) is 13.2 Å². The molecule has 1 unspecified atom stereocenters. The van der Waals surface area contributed by atoms with Gasteiger partial charge >= 0.3 is 0 Å². The Hall–Kier alpha value is -1.07. The number of ether oxygens (including phenoxy) is 1. The van der Waals surface area contributed by atoms with Gasteiger partial charge in [0.05, 0.1) is 11.6 Å². The zero-order valence-corrected chi connectivity index (χ0v) is 11.0. The van der Waals surface area contributed by atoms with Gasteiger partial charge in [-0.3, -0.25) is 0 Å². The molecule has 0 aliphatic rings. The highest BCUT2D eigenvalue weighted by Gasteiger charge is 2.33. The number of halogens is 3. The van der Waals surface area contributed by atoms with Gasteiger partial charge in [-0.1, -0.05) is 6.07 Å². The van der Waals surface area contributed by atoms with Gasteiger partial charge in [0.15, 0.2) is 17.5 Å². The average Bonchev–Trinajstić information content (AvgIpc) is 2.29. The van der Waals surface area contributed by atoms with E-state index in [9.17, 15) is 13.2 Å². The summed E-state index contributed by atoms with van der Waals surface area (Å²) in [5.41, 5.74) is -0.691. The molecule has 0 fully saturated rings. The lowest BCUT2D eigenvalue weighted by Crippen LogP contribution is -2.40. The summed E-state index contributed by atoms with van der Waals surface area (Å²) in [7, 11) is 1.62. The predicted octanol–water partition coefficient (Wildman–Crippen LogP) is 3.18. The molecule has 1 atom stereocenters. The number of likely N-dealkylation sites (N-methyl/N-ethyl adjacent to an activating group) is 1. The number of benzene rings is 1. The molecule has 0 bridgehead atoms. The SMILES string of the molecule is CCOC(C)(C)C(NC)c1ccc(F)c(F)c1F. The highest BCUT2D eigenvalue weighted by atomic mass is 19.2. The lowest BCUT2D eigenvalue weighted by Gasteiger charge is -2.34. The lowest BCUT2D eigenvalue weighted by molar-refractivity contribution is -0.0384. The maximum absolute atomic E-state index is 13.8. The summed E-state index contributed by atoms with van der Waals surface area (Å²) in [6.45, 7) is 5.78. The van der Waals surface area contributed by atoms with Gasteiger partial charge in [-0.25, -0.2) is 13.2 Å². The standard InChI is InChI=1S/C13H18F3NO/c1-5-18-13(2,3)12(17-4)8-6-7-9(14)11(16)10(8)15/h6-7,12,17H,5H2,1-4H3. The van der Waals surface area contributed by atoms with Crippen LogP contribution in [-0.4, -0.2) is 19.3 Å². The normalized spacial score (nSPS) is 13.7. The maximum Gasteiger partial charge on any atom is 0.194 e. The van der Waals surface area contributed by atoms with Crippen LogP contribution in [0.1, 0.15) is 32.4 Å². The summed E-state index contributed by atoms with van der Waals surface area (Å²) in [5.74, 6) is -3.83. The first kappa shape index (κ1) is 15.0. The van der Waals surface area contributed by atoms with Gasteiger partial charge in [-0.05, 0) is 33.9 Å². The largest absolute Gasteiger partial charge is 0.374 e. The molecule has 0 amide bonds. The van der Waals surface area contributed by atoms with Crippen LogP contribution < -0.4 is 5.32 Å². The van der Waals surface area contributed by atoms with E-state index in [0.717, 1.165) is 6.07 Å². The molecule has 0 heterocycles. The Morgan fingerprint density at radius 2 is 1.83 bits per heavy atom. The Labute approximate surface area is 105 Å². The molecule has 0 aliphatic carbocycles. The smallest absolute Gasteiger partial charge is 0.194 e. The first-order valence-electron chi connectivity index (χ1n) is 5.79. The van der Waals surface area contributed by atoms with Crippen molar-refractivity contribution in [1.29, 1.82) is 0 Å². The van der Waals surface area contributed by atoms with Crippen LogP contribution in [-0.2, 0) is 4.74 Å². The minimum atomic E-state index is -1.46. The van der Waals surface area contributed by atoms with Crippen LogP contribution in [0.3, 0.4) is 0 Å². The molecule has 1 aromatic carbocycles. The molecule has 5 heteroatoms. The van der Waals surface area contributed by atoms with Crippen molar-refractivity contribution < 1.29 is 17.9 Å². The third kappa shape index (κ3) is 2.84. The predicted molar refractivity (Wildman–Crippen MR) is 63.8 cm³/mol. The molecular weight excluding hydrogens is 243 g/mol. The van der Waals surface area contributed by atoms with Gasteiger partial charge in [0.2, 0.25) is 0 Å². The van der Waals surface area contributed by atoms with E-state index in [1.54, 1.807) is 20.9 Å². The monoisotopic (exact) mass is 261 g/mol. The molecule has 1 N–H and O–H groups in total. The van der Waals surface area contributed by atoms with Crippen molar-refractivity contribution in [3.05, 3.63) is 35.1 Å². The third-order valence-corrected chi connectivity index (χ3v) is 2.88. The average molecular weight is 261 g/mol. The summed E-state index contributed by atoms with van der Waals surface area (Å²) in [6.07, 6.45) is 0. The first-order chi connectivity index (χ1) is 8.35. The van der Waals surface area contributed by atoms with Crippen molar-refractivity contribution in [2.24, 2.45) is 0 Å². The first-order valence-corrected chi connectivity index (χ1v) is 5.79. The van der Waals surface area contributed by atoms with E-state index in [2.05, 4.69) is 5.32 Å². The molecular formula is C13H18F3NO. The van der Waals surface area contributed by atoms with Crippen molar-refractivity contribution >= 4 is 0 Å². The van der Waals surface area contributed by atoms with Gasteiger partial charge < -0.3 is 10.1 Å². The van der Waals surface area contributed by atoms with E-state index in [1.165, 1.54) is 6.07 Å². The Kier molecular flexibility index (Phi) is 4.76. The van der Waals surface area contributed by atoms with Gasteiger partial charge in [-0.2, -0.15) is 0 Å². The Balaban J connectivity index is 3.22. The second-order valence-corrected chi connectivity index (χ2v) is 4.52. The fourth-order valence-corrected chi connectivity index (χ4v) is 2.10. The van der Waals surface area contributed by atoms with E-state index in [1.807, 2.05) is 6.92 Å². The van der Waals surface area contributed by atoms with Gasteiger partial charge in [0.25, 0.3) is 0 Å². The fraction of sp³-hybridized carbons (Fsp3) is 0.538. The number of hydrogen-bond donors (Lipinski definition) is 1. The number of rotatable bonds is 5. The molecule has 1 rings (SSSR count). The Morgan fingerprint density at radius 3 is 2.33 bits per heavy atom.